The lowest BCUT2D eigenvalue weighted by Crippen LogP contribution is -2.40. The van der Waals surface area contributed by atoms with E-state index in [2.05, 4.69) is 0 Å². The van der Waals surface area contributed by atoms with E-state index in [4.69, 9.17) is 16.3 Å². The average molecular weight is 309 g/mol. The van der Waals surface area contributed by atoms with Gasteiger partial charge in [-0.3, -0.25) is 0 Å². The summed E-state index contributed by atoms with van der Waals surface area (Å²) in [6.45, 7) is 4.41. The zero-order valence-corrected chi connectivity index (χ0v) is 13.3. The highest BCUT2D eigenvalue weighted by Crippen LogP contribution is 2.21. The molecule has 0 N–H and O–H groups in total. The van der Waals surface area contributed by atoms with Crippen LogP contribution in [0, 0.1) is 0 Å². The van der Waals surface area contributed by atoms with Crippen molar-refractivity contribution < 1.29 is 13.2 Å². The van der Waals surface area contributed by atoms with Gasteiger partial charge in [0, 0.05) is 38.6 Å². The lowest BCUT2D eigenvalue weighted by atomic mass is 10.4. The second-order valence-electron chi connectivity index (χ2n) is 4.42. The van der Waals surface area contributed by atoms with E-state index in [1.165, 1.54) is 4.31 Å². The van der Waals surface area contributed by atoms with Crippen LogP contribution in [0.3, 0.4) is 0 Å². The smallest absolute Gasteiger partial charge is 0.244 e. The second kappa shape index (κ2) is 6.74. The number of aromatic nitrogens is 1. The Balaban J connectivity index is 3.12. The van der Waals surface area contributed by atoms with E-state index in [0.717, 1.165) is 5.69 Å². The van der Waals surface area contributed by atoms with Crippen molar-refractivity contribution in [1.29, 1.82) is 0 Å². The van der Waals surface area contributed by atoms with Crippen molar-refractivity contribution >= 4 is 21.6 Å². The van der Waals surface area contributed by atoms with Gasteiger partial charge in [-0.15, -0.1) is 11.6 Å². The van der Waals surface area contributed by atoms with Crippen LogP contribution in [-0.2, 0) is 27.7 Å². The molecule has 19 heavy (non-hydrogen) atoms. The van der Waals surface area contributed by atoms with E-state index >= 15 is 0 Å². The highest BCUT2D eigenvalue weighted by molar-refractivity contribution is 7.89. The molecule has 1 aromatic rings. The van der Waals surface area contributed by atoms with Crippen LogP contribution in [0.15, 0.2) is 17.2 Å². The predicted molar refractivity (Wildman–Crippen MR) is 75.9 cm³/mol. The minimum absolute atomic E-state index is 0.209. The van der Waals surface area contributed by atoms with Crippen molar-refractivity contribution in [2.75, 3.05) is 20.3 Å². The molecule has 1 rings (SSSR count). The molecule has 0 aliphatic carbocycles. The van der Waals surface area contributed by atoms with Gasteiger partial charge in [0.05, 0.1) is 12.5 Å². The second-order valence-corrected chi connectivity index (χ2v) is 6.58. The maximum absolute atomic E-state index is 12.6. The Morgan fingerprint density at radius 1 is 1.53 bits per heavy atom. The Labute approximate surface area is 120 Å². The van der Waals surface area contributed by atoms with Crippen LogP contribution in [0.2, 0.25) is 0 Å². The van der Waals surface area contributed by atoms with Gasteiger partial charge in [0.25, 0.3) is 0 Å². The lowest BCUT2D eigenvalue weighted by molar-refractivity contribution is 0.142. The molecule has 0 aliphatic rings. The molecule has 110 valence electrons. The largest absolute Gasteiger partial charge is 0.383 e. The van der Waals surface area contributed by atoms with Crippen LogP contribution in [0.25, 0.3) is 0 Å². The molecule has 0 fully saturated rings. The first kappa shape index (κ1) is 16.5. The topological polar surface area (TPSA) is 51.5 Å². The van der Waals surface area contributed by atoms with E-state index in [1.807, 2.05) is 13.8 Å². The van der Waals surface area contributed by atoms with Crippen LogP contribution >= 0.6 is 11.6 Å². The highest BCUT2D eigenvalue weighted by Gasteiger charge is 2.28. The Bertz CT molecular complexity index is 513. The van der Waals surface area contributed by atoms with Gasteiger partial charge in [-0.2, -0.15) is 4.31 Å². The summed E-state index contributed by atoms with van der Waals surface area (Å²) in [6, 6.07) is 1.41. The van der Waals surface area contributed by atoms with Gasteiger partial charge in [0.1, 0.15) is 4.90 Å². The fraction of sp³-hybridized carbons (Fsp3) is 0.667. The van der Waals surface area contributed by atoms with Crippen molar-refractivity contribution in [3.05, 3.63) is 18.0 Å². The van der Waals surface area contributed by atoms with Crippen molar-refractivity contribution in [3.63, 3.8) is 0 Å². The van der Waals surface area contributed by atoms with Gasteiger partial charge in [-0.25, -0.2) is 8.42 Å². The average Bonchev–Trinajstić information content (AvgIpc) is 2.72. The monoisotopic (exact) mass is 308 g/mol. The van der Waals surface area contributed by atoms with E-state index in [-0.39, 0.29) is 16.8 Å². The number of likely N-dealkylation sites (N-methyl/N-ethyl adjacent to an activating group) is 1. The quantitative estimate of drug-likeness (QED) is 0.722. The molecule has 5 nitrogen and oxygen atoms in total. The van der Waals surface area contributed by atoms with Crippen LogP contribution in [0.5, 0.6) is 0 Å². The summed E-state index contributed by atoms with van der Waals surface area (Å²) in [5.41, 5.74) is 0.774. The molecule has 0 aliphatic heterocycles. The van der Waals surface area contributed by atoms with Crippen LogP contribution in [0.1, 0.15) is 19.5 Å². The van der Waals surface area contributed by atoms with E-state index in [9.17, 15) is 8.42 Å². The van der Waals surface area contributed by atoms with E-state index in [0.29, 0.717) is 13.2 Å². The Hall–Kier alpha value is -0.560. The van der Waals surface area contributed by atoms with Gasteiger partial charge in [0.2, 0.25) is 10.0 Å². The Kier molecular flexibility index (Phi) is 5.85. The normalized spacial score (nSPS) is 14.0. The molecule has 1 heterocycles. The standard InChI is InChI=1S/C12H21ClN2O3S/c1-5-15(10(2)9-18-4)19(16,17)12-6-11(7-13)14(3)8-12/h6,8,10H,5,7,9H2,1-4H3. The van der Waals surface area contributed by atoms with Crippen molar-refractivity contribution in [1.82, 2.24) is 8.87 Å². The number of hydrogen-bond acceptors (Lipinski definition) is 3. The van der Waals surface area contributed by atoms with Crippen molar-refractivity contribution in [3.8, 4) is 0 Å². The molecular weight excluding hydrogens is 288 g/mol. The summed E-state index contributed by atoms with van der Waals surface area (Å²) in [4.78, 5) is 0.274. The zero-order valence-electron chi connectivity index (χ0n) is 11.8. The molecule has 0 bridgehead atoms. The van der Waals surface area contributed by atoms with Gasteiger partial charge in [-0.05, 0) is 13.0 Å². The molecule has 0 spiro atoms. The van der Waals surface area contributed by atoms with E-state index in [1.54, 1.807) is 31.0 Å². The van der Waals surface area contributed by atoms with Gasteiger partial charge < -0.3 is 9.30 Å². The Morgan fingerprint density at radius 2 is 2.16 bits per heavy atom. The zero-order chi connectivity index (χ0) is 14.6. The maximum atomic E-state index is 12.6. The third-order valence-electron chi connectivity index (χ3n) is 3.04. The summed E-state index contributed by atoms with van der Waals surface area (Å²) < 4.78 is 33.4. The minimum atomic E-state index is -3.51. The first-order valence-electron chi connectivity index (χ1n) is 6.10. The van der Waals surface area contributed by atoms with E-state index < -0.39 is 10.0 Å². The molecular formula is C12H21ClN2O3S. The molecule has 0 radical (unpaired) electrons. The van der Waals surface area contributed by atoms with Crippen molar-refractivity contribution in [2.24, 2.45) is 7.05 Å². The fourth-order valence-electron chi connectivity index (χ4n) is 2.03. The fourth-order valence-corrected chi connectivity index (χ4v) is 4.02. The molecule has 0 amide bonds. The molecule has 1 aromatic heterocycles. The molecule has 1 atom stereocenters. The third kappa shape index (κ3) is 3.51. The predicted octanol–water partition coefficient (Wildman–Crippen LogP) is 1.81. The summed E-state index contributed by atoms with van der Waals surface area (Å²) >= 11 is 5.77. The maximum Gasteiger partial charge on any atom is 0.244 e. The highest BCUT2D eigenvalue weighted by atomic mass is 35.5. The first-order valence-corrected chi connectivity index (χ1v) is 8.07. The molecule has 0 saturated carbocycles. The number of nitrogens with zero attached hydrogens (tertiary/aromatic N) is 2. The number of ether oxygens (including phenoxy) is 1. The van der Waals surface area contributed by atoms with Crippen molar-refractivity contribution in [2.45, 2.75) is 30.7 Å². The Morgan fingerprint density at radius 3 is 2.58 bits per heavy atom. The number of aryl methyl sites for hydroxylation is 1. The summed E-state index contributed by atoms with van der Waals surface area (Å²) in [6.07, 6.45) is 1.59. The number of sulfonamides is 1. The third-order valence-corrected chi connectivity index (χ3v) is 5.37. The van der Waals surface area contributed by atoms with Gasteiger partial charge in [0.15, 0.2) is 0 Å². The van der Waals surface area contributed by atoms with Crippen LogP contribution < -0.4 is 0 Å². The summed E-state index contributed by atoms with van der Waals surface area (Å²) in [7, 11) is -0.167. The summed E-state index contributed by atoms with van der Waals surface area (Å²) in [5.74, 6) is 0.284. The van der Waals surface area contributed by atoms with Gasteiger partial charge in [-0.1, -0.05) is 6.92 Å². The molecule has 7 heteroatoms. The first-order chi connectivity index (χ1) is 8.88. The molecule has 0 saturated heterocycles. The molecule has 1 unspecified atom stereocenters. The van der Waals surface area contributed by atoms with Gasteiger partial charge >= 0.3 is 0 Å². The number of hydrogen-bond donors (Lipinski definition) is 0. The molecule has 0 aromatic carbocycles. The number of alkyl halides is 1. The SMILES string of the molecule is CCN(C(C)COC)S(=O)(=O)c1cc(CCl)n(C)c1. The number of rotatable bonds is 7. The lowest BCUT2D eigenvalue weighted by Gasteiger charge is -2.26. The number of methoxy groups -OCH3 is 1. The summed E-state index contributed by atoms with van der Waals surface area (Å²) in [5, 5.41) is 0. The minimum Gasteiger partial charge on any atom is -0.383 e. The van der Waals surface area contributed by atoms with Crippen LogP contribution in [-0.4, -0.2) is 43.6 Å². The van der Waals surface area contributed by atoms with Crippen LogP contribution in [0.4, 0.5) is 0 Å². The number of halogens is 1.